The molecule has 0 atom stereocenters. The van der Waals surface area contributed by atoms with E-state index in [1.54, 1.807) is 28.8 Å². The number of amides is 1. The van der Waals surface area contributed by atoms with Crippen molar-refractivity contribution in [2.45, 2.75) is 26.3 Å². The molecule has 0 spiro atoms. The second-order valence-corrected chi connectivity index (χ2v) is 9.94. The first kappa shape index (κ1) is 21.1. The zero-order valence-corrected chi connectivity index (χ0v) is 19.9. The van der Waals surface area contributed by atoms with Gasteiger partial charge < -0.3 is 4.57 Å². The fourth-order valence-corrected chi connectivity index (χ4v) is 6.20. The van der Waals surface area contributed by atoms with Crippen LogP contribution in [0.2, 0.25) is 5.02 Å². The van der Waals surface area contributed by atoms with Crippen molar-refractivity contribution in [1.29, 1.82) is 0 Å². The first-order valence-corrected chi connectivity index (χ1v) is 12.5. The molecule has 0 radical (unpaired) electrons. The Kier molecular flexibility index (Phi) is 5.95. The Bertz CT molecular complexity index is 1390. The smallest absolute Gasteiger partial charge is 0.271 e. The van der Waals surface area contributed by atoms with Gasteiger partial charge in [0.25, 0.3) is 5.91 Å². The van der Waals surface area contributed by atoms with Crippen molar-refractivity contribution in [3.8, 4) is 0 Å². The van der Waals surface area contributed by atoms with Crippen LogP contribution in [0.5, 0.6) is 0 Å². The van der Waals surface area contributed by atoms with Gasteiger partial charge in [0, 0.05) is 35.6 Å². The number of nitrogens with zero attached hydrogens (tertiary/aromatic N) is 4. The van der Waals surface area contributed by atoms with E-state index in [0.29, 0.717) is 21.6 Å². The molecule has 1 amide bonds. The van der Waals surface area contributed by atoms with Gasteiger partial charge in [-0.1, -0.05) is 54.1 Å². The maximum Gasteiger partial charge on any atom is 0.271 e. The quantitative estimate of drug-likeness (QED) is 0.261. The molecule has 0 fully saturated rings. The Labute approximate surface area is 198 Å². The van der Waals surface area contributed by atoms with E-state index >= 15 is 0 Å². The van der Waals surface area contributed by atoms with Crippen LogP contribution in [0.3, 0.4) is 0 Å². The molecule has 5 rings (SSSR count). The highest BCUT2D eigenvalue weighted by Gasteiger charge is 2.26. The van der Waals surface area contributed by atoms with Crippen LogP contribution in [0.15, 0.2) is 61.2 Å². The van der Waals surface area contributed by atoms with Crippen LogP contribution >= 0.6 is 34.3 Å². The lowest BCUT2D eigenvalue weighted by Gasteiger charge is -2.19. The number of hydrogen-bond acceptors (Lipinski definition) is 5. The van der Waals surface area contributed by atoms with Gasteiger partial charge in [-0.15, -0.1) is 11.3 Å². The molecule has 3 aromatic heterocycles. The van der Waals surface area contributed by atoms with Crippen molar-refractivity contribution in [3.05, 3.63) is 76.6 Å². The molecule has 0 N–H and O–H groups in total. The van der Waals surface area contributed by atoms with E-state index in [9.17, 15) is 4.79 Å². The van der Waals surface area contributed by atoms with Gasteiger partial charge in [0.2, 0.25) is 0 Å². The minimum atomic E-state index is -0.100. The number of carbonyl (C=O) groups is 1. The van der Waals surface area contributed by atoms with E-state index in [2.05, 4.69) is 24.0 Å². The first-order chi connectivity index (χ1) is 15.6. The molecule has 5 aromatic rings. The lowest BCUT2D eigenvalue weighted by atomic mass is 10.2. The number of anilines is 1. The van der Waals surface area contributed by atoms with E-state index < -0.39 is 0 Å². The van der Waals surface area contributed by atoms with Gasteiger partial charge >= 0.3 is 0 Å². The molecular weight excluding hydrogens is 460 g/mol. The number of thiophene rings is 1. The third-order valence-corrected chi connectivity index (χ3v) is 8.12. The highest BCUT2D eigenvalue weighted by molar-refractivity contribution is 7.23. The van der Waals surface area contributed by atoms with Gasteiger partial charge in [0.1, 0.15) is 4.88 Å². The van der Waals surface area contributed by atoms with Crippen molar-refractivity contribution in [2.75, 3.05) is 11.4 Å². The second-order valence-electron chi connectivity index (χ2n) is 7.50. The average Bonchev–Trinajstić information content (AvgIpc) is 3.55. The van der Waals surface area contributed by atoms with Crippen molar-refractivity contribution < 1.29 is 4.79 Å². The van der Waals surface area contributed by atoms with Crippen LogP contribution in [-0.4, -0.2) is 27.0 Å². The molecule has 2 aromatic carbocycles. The number of rotatable bonds is 7. The minimum Gasteiger partial charge on any atom is -0.337 e. The van der Waals surface area contributed by atoms with E-state index in [0.717, 1.165) is 39.7 Å². The lowest BCUT2D eigenvalue weighted by Crippen LogP contribution is -2.32. The standard InChI is InChI=1S/C24H21ClN4OS2/c1-2-16-8-9-18-20(14-16)32-24(27-18)29(12-5-11-28-13-10-26-15-28)23(30)22-21(25)17-6-3-4-7-19(17)31-22/h3-4,6-10,13-15H,2,5,11-12H2,1H3. The molecule has 0 saturated heterocycles. The number of aromatic nitrogens is 3. The summed E-state index contributed by atoms with van der Waals surface area (Å²) >= 11 is 9.64. The molecule has 0 aliphatic heterocycles. The minimum absolute atomic E-state index is 0.100. The molecule has 0 saturated carbocycles. The fourth-order valence-electron chi connectivity index (χ4n) is 3.68. The molecule has 0 aliphatic rings. The average molecular weight is 481 g/mol. The van der Waals surface area contributed by atoms with E-state index in [1.807, 2.05) is 41.1 Å². The Morgan fingerprint density at radius 1 is 1.16 bits per heavy atom. The summed E-state index contributed by atoms with van der Waals surface area (Å²) in [7, 11) is 0. The van der Waals surface area contributed by atoms with Crippen molar-refractivity contribution in [3.63, 3.8) is 0 Å². The third kappa shape index (κ3) is 4.03. The topological polar surface area (TPSA) is 51.0 Å². The Morgan fingerprint density at radius 3 is 2.81 bits per heavy atom. The van der Waals surface area contributed by atoms with Gasteiger partial charge in [-0.25, -0.2) is 9.97 Å². The second kappa shape index (κ2) is 9.02. The number of aryl methyl sites for hydroxylation is 2. The van der Waals surface area contributed by atoms with Crippen molar-refractivity contribution in [1.82, 2.24) is 14.5 Å². The number of halogens is 1. The molecule has 32 heavy (non-hydrogen) atoms. The summed E-state index contributed by atoms with van der Waals surface area (Å²) in [6, 6.07) is 14.2. The van der Waals surface area contributed by atoms with Gasteiger partial charge in [-0.05, 0) is 36.6 Å². The molecule has 5 nitrogen and oxygen atoms in total. The molecule has 0 bridgehead atoms. The molecular formula is C24H21ClN4OS2. The maximum atomic E-state index is 13.7. The predicted octanol–water partition coefficient (Wildman–Crippen LogP) is 6.66. The fraction of sp³-hybridized carbons (Fsp3) is 0.208. The van der Waals surface area contributed by atoms with Gasteiger partial charge in [-0.2, -0.15) is 0 Å². The SMILES string of the molecule is CCc1ccc2nc(N(CCCn3ccnc3)C(=O)c3sc4ccccc4c3Cl)sc2c1. The highest BCUT2D eigenvalue weighted by Crippen LogP contribution is 2.38. The highest BCUT2D eigenvalue weighted by atomic mass is 35.5. The predicted molar refractivity (Wildman–Crippen MR) is 134 cm³/mol. The van der Waals surface area contributed by atoms with Crippen LogP contribution in [0.25, 0.3) is 20.3 Å². The molecule has 0 aliphatic carbocycles. The van der Waals surface area contributed by atoms with Crippen LogP contribution < -0.4 is 4.90 Å². The Balaban J connectivity index is 1.51. The van der Waals surface area contributed by atoms with Crippen molar-refractivity contribution in [2.24, 2.45) is 0 Å². The van der Waals surface area contributed by atoms with Gasteiger partial charge in [-0.3, -0.25) is 9.69 Å². The van der Waals surface area contributed by atoms with Gasteiger partial charge in [0.15, 0.2) is 5.13 Å². The van der Waals surface area contributed by atoms with E-state index in [-0.39, 0.29) is 5.91 Å². The molecule has 3 heterocycles. The number of benzene rings is 2. The van der Waals surface area contributed by atoms with Crippen molar-refractivity contribution >= 4 is 65.6 Å². The number of imidazole rings is 1. The summed E-state index contributed by atoms with van der Waals surface area (Å²) in [4.78, 5) is 25.0. The Hall–Kier alpha value is -2.74. The van der Waals surface area contributed by atoms with Gasteiger partial charge in [0.05, 0.1) is 21.6 Å². The zero-order valence-electron chi connectivity index (χ0n) is 17.5. The summed E-state index contributed by atoms with van der Waals surface area (Å²) in [5.41, 5.74) is 2.18. The van der Waals surface area contributed by atoms with E-state index in [1.165, 1.54) is 16.9 Å². The zero-order chi connectivity index (χ0) is 22.1. The van der Waals surface area contributed by atoms with Crippen LogP contribution in [0.4, 0.5) is 5.13 Å². The van der Waals surface area contributed by atoms with Crippen LogP contribution in [0, 0.1) is 0 Å². The normalized spacial score (nSPS) is 11.4. The molecule has 162 valence electrons. The number of carbonyl (C=O) groups excluding carboxylic acids is 1. The number of fused-ring (bicyclic) bond motifs is 2. The summed E-state index contributed by atoms with van der Waals surface area (Å²) < 4.78 is 4.12. The number of thiazole rings is 1. The third-order valence-electron chi connectivity index (χ3n) is 5.41. The molecule has 8 heteroatoms. The monoisotopic (exact) mass is 480 g/mol. The number of hydrogen-bond donors (Lipinski definition) is 0. The van der Waals surface area contributed by atoms with E-state index in [4.69, 9.17) is 16.6 Å². The van der Waals surface area contributed by atoms with Crippen LogP contribution in [0.1, 0.15) is 28.6 Å². The first-order valence-electron chi connectivity index (χ1n) is 10.5. The Morgan fingerprint density at radius 2 is 2.03 bits per heavy atom. The van der Waals surface area contributed by atoms with Crippen LogP contribution in [-0.2, 0) is 13.0 Å². The molecule has 0 unspecified atom stereocenters. The largest absolute Gasteiger partial charge is 0.337 e. The summed E-state index contributed by atoms with van der Waals surface area (Å²) in [5, 5.41) is 2.14. The summed E-state index contributed by atoms with van der Waals surface area (Å²) in [6.45, 7) is 3.45. The summed E-state index contributed by atoms with van der Waals surface area (Å²) in [5.74, 6) is -0.100. The lowest BCUT2D eigenvalue weighted by molar-refractivity contribution is 0.0990. The maximum absolute atomic E-state index is 13.7. The summed E-state index contributed by atoms with van der Waals surface area (Å²) in [6.07, 6.45) is 7.23.